The molecule has 1 saturated carbocycles. The van der Waals surface area contributed by atoms with E-state index in [1.54, 1.807) is 6.26 Å². The standard InChI is InChI=1S/C15H20N4O/c1-10-7-13(20-9-10)14-12(8-17)19(6-5-16)15(18-14)11-3-2-4-11/h5-7,9,11H,2-4,8,16-17H2,1H3/b6-5-. The molecule has 5 heteroatoms. The van der Waals surface area contributed by atoms with Crippen LogP contribution in [-0.4, -0.2) is 9.55 Å². The Balaban J connectivity index is 2.13. The number of aryl methyl sites for hydroxylation is 1. The van der Waals surface area contributed by atoms with Gasteiger partial charge in [-0.1, -0.05) is 6.42 Å². The molecule has 0 aliphatic heterocycles. The zero-order valence-electron chi connectivity index (χ0n) is 11.7. The molecule has 0 atom stereocenters. The first-order valence-electron chi connectivity index (χ1n) is 6.99. The highest BCUT2D eigenvalue weighted by Crippen LogP contribution is 2.38. The van der Waals surface area contributed by atoms with Gasteiger partial charge in [0.25, 0.3) is 0 Å². The van der Waals surface area contributed by atoms with E-state index in [2.05, 4.69) is 0 Å². The SMILES string of the molecule is Cc1coc(-c2nc(C3CCC3)n(/C=C\N)c2CN)c1. The molecule has 2 aromatic heterocycles. The van der Waals surface area contributed by atoms with Gasteiger partial charge in [-0.05, 0) is 31.4 Å². The predicted molar refractivity (Wildman–Crippen MR) is 78.7 cm³/mol. The summed E-state index contributed by atoms with van der Waals surface area (Å²) in [6.45, 7) is 2.40. The maximum atomic E-state index is 5.92. The number of rotatable bonds is 4. The molecule has 2 heterocycles. The monoisotopic (exact) mass is 272 g/mol. The molecule has 0 saturated heterocycles. The molecule has 3 rings (SSSR count). The fourth-order valence-electron chi connectivity index (χ4n) is 2.64. The van der Waals surface area contributed by atoms with Gasteiger partial charge in [-0.15, -0.1) is 0 Å². The molecule has 1 aliphatic rings. The van der Waals surface area contributed by atoms with Gasteiger partial charge in [0.2, 0.25) is 0 Å². The Morgan fingerprint density at radius 1 is 1.50 bits per heavy atom. The zero-order chi connectivity index (χ0) is 14.1. The van der Waals surface area contributed by atoms with E-state index in [1.807, 2.05) is 23.8 Å². The number of nitrogens with zero attached hydrogens (tertiary/aromatic N) is 2. The summed E-state index contributed by atoms with van der Waals surface area (Å²) in [5.74, 6) is 2.32. The van der Waals surface area contributed by atoms with Gasteiger partial charge in [0.05, 0.1) is 12.0 Å². The second-order valence-electron chi connectivity index (χ2n) is 5.30. The molecule has 5 nitrogen and oxygen atoms in total. The Kier molecular flexibility index (Phi) is 3.36. The summed E-state index contributed by atoms with van der Waals surface area (Å²) >= 11 is 0. The van der Waals surface area contributed by atoms with E-state index in [9.17, 15) is 0 Å². The first-order chi connectivity index (χ1) is 9.74. The van der Waals surface area contributed by atoms with Crippen LogP contribution in [0, 0.1) is 6.92 Å². The van der Waals surface area contributed by atoms with E-state index < -0.39 is 0 Å². The number of furan rings is 1. The molecular formula is C15H20N4O. The van der Waals surface area contributed by atoms with Gasteiger partial charge in [0.15, 0.2) is 5.76 Å². The lowest BCUT2D eigenvalue weighted by atomic mass is 9.85. The Bertz CT molecular complexity index is 634. The van der Waals surface area contributed by atoms with Gasteiger partial charge in [-0.2, -0.15) is 0 Å². The van der Waals surface area contributed by atoms with Crippen molar-refractivity contribution < 1.29 is 4.42 Å². The highest BCUT2D eigenvalue weighted by Gasteiger charge is 2.28. The topological polar surface area (TPSA) is 83.0 Å². The first-order valence-corrected chi connectivity index (χ1v) is 6.99. The first kappa shape index (κ1) is 13.0. The molecule has 20 heavy (non-hydrogen) atoms. The molecule has 0 unspecified atom stereocenters. The third-order valence-electron chi connectivity index (χ3n) is 3.90. The van der Waals surface area contributed by atoms with Gasteiger partial charge in [0.1, 0.15) is 11.5 Å². The molecule has 1 aliphatic carbocycles. The summed E-state index contributed by atoms with van der Waals surface area (Å²) in [7, 11) is 0. The van der Waals surface area contributed by atoms with Crippen LogP contribution >= 0.6 is 0 Å². The van der Waals surface area contributed by atoms with Crippen LogP contribution < -0.4 is 11.5 Å². The van der Waals surface area contributed by atoms with E-state index in [0.717, 1.165) is 28.5 Å². The fraction of sp³-hybridized carbons (Fsp3) is 0.400. The van der Waals surface area contributed by atoms with Crippen molar-refractivity contribution in [3.63, 3.8) is 0 Å². The average Bonchev–Trinajstić information content (AvgIpc) is 2.93. The zero-order valence-corrected chi connectivity index (χ0v) is 11.7. The Morgan fingerprint density at radius 2 is 2.30 bits per heavy atom. The van der Waals surface area contributed by atoms with E-state index >= 15 is 0 Å². The summed E-state index contributed by atoms with van der Waals surface area (Å²) < 4.78 is 7.61. The summed E-state index contributed by atoms with van der Waals surface area (Å²) in [6, 6.07) is 1.99. The third kappa shape index (κ3) is 2.04. The van der Waals surface area contributed by atoms with Crippen molar-refractivity contribution in [2.75, 3.05) is 0 Å². The number of aromatic nitrogens is 2. The molecule has 1 fully saturated rings. The van der Waals surface area contributed by atoms with Gasteiger partial charge in [0, 0.05) is 24.9 Å². The van der Waals surface area contributed by atoms with Crippen LogP contribution in [-0.2, 0) is 6.54 Å². The molecule has 4 N–H and O–H groups in total. The normalized spacial score (nSPS) is 15.9. The summed E-state index contributed by atoms with van der Waals surface area (Å²) in [4.78, 5) is 4.79. The molecule has 0 amide bonds. The summed E-state index contributed by atoms with van der Waals surface area (Å²) in [5, 5.41) is 0. The summed E-state index contributed by atoms with van der Waals surface area (Å²) in [5.41, 5.74) is 14.4. The fourth-order valence-corrected chi connectivity index (χ4v) is 2.64. The average molecular weight is 272 g/mol. The van der Waals surface area contributed by atoms with Crippen LogP contribution in [0.25, 0.3) is 17.7 Å². The van der Waals surface area contributed by atoms with E-state index in [4.69, 9.17) is 20.9 Å². The van der Waals surface area contributed by atoms with Crippen molar-refractivity contribution >= 4 is 6.20 Å². The molecule has 0 radical (unpaired) electrons. The highest BCUT2D eigenvalue weighted by molar-refractivity contribution is 5.59. The Hall–Kier alpha value is -2.01. The Labute approximate surface area is 118 Å². The van der Waals surface area contributed by atoms with Crippen molar-refractivity contribution in [2.45, 2.75) is 38.6 Å². The van der Waals surface area contributed by atoms with Crippen LogP contribution in [0.3, 0.4) is 0 Å². The maximum absolute atomic E-state index is 5.92. The van der Waals surface area contributed by atoms with Gasteiger partial charge in [-0.25, -0.2) is 4.98 Å². The smallest absolute Gasteiger partial charge is 0.154 e. The quantitative estimate of drug-likeness (QED) is 0.896. The number of hydrogen-bond acceptors (Lipinski definition) is 4. The minimum atomic E-state index is 0.402. The van der Waals surface area contributed by atoms with Crippen LogP contribution in [0.2, 0.25) is 0 Å². The molecular weight excluding hydrogens is 252 g/mol. The maximum Gasteiger partial charge on any atom is 0.154 e. The molecule has 0 aromatic carbocycles. The largest absolute Gasteiger partial charge is 0.462 e. The van der Waals surface area contributed by atoms with Gasteiger partial charge < -0.3 is 20.5 Å². The van der Waals surface area contributed by atoms with E-state index in [-0.39, 0.29) is 0 Å². The second-order valence-corrected chi connectivity index (χ2v) is 5.30. The molecule has 0 spiro atoms. The highest BCUT2D eigenvalue weighted by atomic mass is 16.3. The molecule has 2 aromatic rings. The Morgan fingerprint density at radius 3 is 2.80 bits per heavy atom. The van der Waals surface area contributed by atoms with Crippen molar-refractivity contribution in [3.05, 3.63) is 35.6 Å². The number of hydrogen-bond donors (Lipinski definition) is 2. The van der Waals surface area contributed by atoms with Crippen LogP contribution in [0.5, 0.6) is 0 Å². The van der Waals surface area contributed by atoms with Gasteiger partial charge >= 0.3 is 0 Å². The van der Waals surface area contributed by atoms with Crippen LogP contribution in [0.4, 0.5) is 0 Å². The minimum absolute atomic E-state index is 0.402. The number of imidazole rings is 1. The third-order valence-corrected chi connectivity index (χ3v) is 3.90. The lowest BCUT2D eigenvalue weighted by molar-refractivity contribution is 0.398. The summed E-state index contributed by atoms with van der Waals surface area (Å²) in [6.07, 6.45) is 8.71. The van der Waals surface area contributed by atoms with Crippen molar-refractivity contribution in [2.24, 2.45) is 11.5 Å². The molecule has 0 bridgehead atoms. The van der Waals surface area contributed by atoms with E-state index in [1.165, 1.54) is 25.5 Å². The second kappa shape index (κ2) is 5.17. The van der Waals surface area contributed by atoms with Gasteiger partial charge in [-0.3, -0.25) is 0 Å². The lowest BCUT2D eigenvalue weighted by Crippen LogP contribution is -2.15. The van der Waals surface area contributed by atoms with Crippen LogP contribution in [0.1, 0.15) is 42.3 Å². The van der Waals surface area contributed by atoms with E-state index in [0.29, 0.717) is 12.5 Å². The minimum Gasteiger partial charge on any atom is -0.462 e. The van der Waals surface area contributed by atoms with Crippen molar-refractivity contribution in [1.29, 1.82) is 0 Å². The number of nitrogens with two attached hydrogens (primary N) is 2. The predicted octanol–water partition coefficient (Wildman–Crippen LogP) is 2.56. The molecule has 106 valence electrons. The van der Waals surface area contributed by atoms with Crippen LogP contribution in [0.15, 0.2) is 22.9 Å². The lowest BCUT2D eigenvalue weighted by Gasteiger charge is -2.24. The van der Waals surface area contributed by atoms with Crippen molar-refractivity contribution in [1.82, 2.24) is 9.55 Å². The van der Waals surface area contributed by atoms with Crippen molar-refractivity contribution in [3.8, 4) is 11.5 Å².